The van der Waals surface area contributed by atoms with E-state index < -0.39 is 10.0 Å². The molecular weight excluding hydrogens is 316 g/mol. The van der Waals surface area contributed by atoms with Crippen LogP contribution in [0.25, 0.3) is 0 Å². The summed E-state index contributed by atoms with van der Waals surface area (Å²) in [5.41, 5.74) is 1.40. The van der Waals surface area contributed by atoms with E-state index in [1.165, 1.54) is 18.5 Å². The SMILES string of the molecule is Cc1cc(Br)ccc1NS(=O)(=O)c1cccnc1. The molecule has 0 saturated carbocycles. The van der Waals surface area contributed by atoms with Crippen LogP contribution in [0.1, 0.15) is 5.56 Å². The molecule has 2 rings (SSSR count). The van der Waals surface area contributed by atoms with E-state index in [1.54, 1.807) is 18.2 Å². The van der Waals surface area contributed by atoms with Crippen molar-refractivity contribution in [1.82, 2.24) is 4.98 Å². The molecule has 0 aliphatic rings. The van der Waals surface area contributed by atoms with Crippen LogP contribution in [0.15, 0.2) is 52.1 Å². The molecular formula is C12H11BrN2O2S. The van der Waals surface area contributed by atoms with Gasteiger partial charge in [-0.1, -0.05) is 15.9 Å². The van der Waals surface area contributed by atoms with Crippen LogP contribution < -0.4 is 4.72 Å². The van der Waals surface area contributed by atoms with Crippen molar-refractivity contribution in [2.45, 2.75) is 11.8 Å². The topological polar surface area (TPSA) is 59.1 Å². The van der Waals surface area contributed by atoms with E-state index in [0.717, 1.165) is 10.0 Å². The van der Waals surface area contributed by atoms with Gasteiger partial charge in [-0.15, -0.1) is 0 Å². The second-order valence-electron chi connectivity index (χ2n) is 3.75. The lowest BCUT2D eigenvalue weighted by molar-refractivity contribution is 0.601. The maximum absolute atomic E-state index is 12.1. The third-order valence-electron chi connectivity index (χ3n) is 2.38. The van der Waals surface area contributed by atoms with Gasteiger partial charge in [0.15, 0.2) is 0 Å². The summed E-state index contributed by atoms with van der Waals surface area (Å²) < 4.78 is 27.6. The monoisotopic (exact) mass is 326 g/mol. The van der Waals surface area contributed by atoms with Crippen molar-refractivity contribution in [2.75, 3.05) is 4.72 Å². The first-order chi connectivity index (χ1) is 8.49. The van der Waals surface area contributed by atoms with Crippen molar-refractivity contribution in [3.8, 4) is 0 Å². The Kier molecular flexibility index (Phi) is 3.68. The number of aryl methyl sites for hydroxylation is 1. The Labute approximate surface area is 114 Å². The first-order valence-corrected chi connectivity index (χ1v) is 7.46. The first kappa shape index (κ1) is 13.0. The van der Waals surface area contributed by atoms with E-state index in [2.05, 4.69) is 25.6 Å². The molecule has 6 heteroatoms. The molecule has 0 atom stereocenters. The van der Waals surface area contributed by atoms with Crippen LogP contribution in [-0.2, 0) is 10.0 Å². The van der Waals surface area contributed by atoms with Gasteiger partial charge >= 0.3 is 0 Å². The van der Waals surface area contributed by atoms with Crippen LogP contribution >= 0.6 is 15.9 Å². The largest absolute Gasteiger partial charge is 0.279 e. The maximum atomic E-state index is 12.1. The van der Waals surface area contributed by atoms with Crippen LogP contribution in [0, 0.1) is 6.92 Å². The second kappa shape index (κ2) is 5.07. The van der Waals surface area contributed by atoms with Gasteiger partial charge in [0.25, 0.3) is 10.0 Å². The summed E-state index contributed by atoms with van der Waals surface area (Å²) in [4.78, 5) is 3.95. The molecule has 0 bridgehead atoms. The number of hydrogen-bond acceptors (Lipinski definition) is 3. The standard InChI is InChI=1S/C12H11BrN2O2S/c1-9-7-10(13)4-5-12(9)15-18(16,17)11-3-2-6-14-8-11/h2-8,15H,1H3. The van der Waals surface area contributed by atoms with E-state index in [4.69, 9.17) is 0 Å². The number of nitrogens with zero attached hydrogens (tertiary/aromatic N) is 1. The minimum absolute atomic E-state index is 0.146. The molecule has 0 amide bonds. The Morgan fingerprint density at radius 1 is 1.28 bits per heavy atom. The summed E-state index contributed by atoms with van der Waals surface area (Å²) in [5.74, 6) is 0. The van der Waals surface area contributed by atoms with Gasteiger partial charge in [0.05, 0.1) is 5.69 Å². The first-order valence-electron chi connectivity index (χ1n) is 5.18. The average Bonchev–Trinajstić information content (AvgIpc) is 2.34. The van der Waals surface area contributed by atoms with Crippen molar-refractivity contribution < 1.29 is 8.42 Å². The number of benzene rings is 1. The van der Waals surface area contributed by atoms with Crippen LogP contribution in [0.4, 0.5) is 5.69 Å². The summed E-state index contributed by atoms with van der Waals surface area (Å²) in [5, 5.41) is 0. The summed E-state index contributed by atoms with van der Waals surface area (Å²) in [6.07, 6.45) is 2.85. The van der Waals surface area contributed by atoms with Crippen LogP contribution in [0.2, 0.25) is 0 Å². The Morgan fingerprint density at radius 3 is 2.67 bits per heavy atom. The molecule has 18 heavy (non-hydrogen) atoms. The number of pyridine rings is 1. The summed E-state index contributed by atoms with van der Waals surface area (Å²) in [6.45, 7) is 1.84. The zero-order chi connectivity index (χ0) is 13.2. The fourth-order valence-corrected chi connectivity index (χ4v) is 3.02. The predicted molar refractivity (Wildman–Crippen MR) is 73.9 cm³/mol. The van der Waals surface area contributed by atoms with Gasteiger partial charge in [0.2, 0.25) is 0 Å². The molecule has 1 aromatic heterocycles. The molecule has 0 radical (unpaired) electrons. The Balaban J connectivity index is 2.34. The van der Waals surface area contributed by atoms with E-state index >= 15 is 0 Å². The number of hydrogen-bond donors (Lipinski definition) is 1. The fourth-order valence-electron chi connectivity index (χ4n) is 1.45. The average molecular weight is 327 g/mol. The van der Waals surface area contributed by atoms with Crippen LogP contribution in [-0.4, -0.2) is 13.4 Å². The number of halogens is 1. The smallest absolute Gasteiger partial charge is 0.263 e. The van der Waals surface area contributed by atoms with Gasteiger partial charge in [-0.25, -0.2) is 8.42 Å². The summed E-state index contributed by atoms with van der Waals surface area (Å²) in [7, 11) is -3.58. The molecule has 0 aliphatic carbocycles. The molecule has 0 fully saturated rings. The number of aromatic nitrogens is 1. The molecule has 4 nitrogen and oxygen atoms in total. The molecule has 0 aliphatic heterocycles. The second-order valence-corrected chi connectivity index (χ2v) is 6.35. The molecule has 1 N–H and O–H groups in total. The highest BCUT2D eigenvalue weighted by Crippen LogP contribution is 2.22. The molecule has 0 unspecified atom stereocenters. The molecule has 1 heterocycles. The fraction of sp³-hybridized carbons (Fsp3) is 0.0833. The molecule has 2 aromatic rings. The van der Waals surface area contributed by atoms with Crippen molar-refractivity contribution in [3.63, 3.8) is 0 Å². The van der Waals surface area contributed by atoms with E-state index in [1.807, 2.05) is 13.0 Å². The normalized spacial score (nSPS) is 11.2. The highest BCUT2D eigenvalue weighted by molar-refractivity contribution is 9.10. The van der Waals surface area contributed by atoms with Gasteiger partial charge < -0.3 is 0 Å². The highest BCUT2D eigenvalue weighted by atomic mass is 79.9. The van der Waals surface area contributed by atoms with Crippen molar-refractivity contribution in [3.05, 3.63) is 52.8 Å². The third kappa shape index (κ3) is 2.88. The van der Waals surface area contributed by atoms with E-state index in [9.17, 15) is 8.42 Å². The minimum Gasteiger partial charge on any atom is -0.279 e. The maximum Gasteiger partial charge on any atom is 0.263 e. The van der Waals surface area contributed by atoms with E-state index in [0.29, 0.717) is 5.69 Å². The number of anilines is 1. The summed E-state index contributed by atoms with van der Waals surface area (Å²) in [6, 6.07) is 8.44. The van der Waals surface area contributed by atoms with Gasteiger partial charge in [-0.3, -0.25) is 9.71 Å². The Hall–Kier alpha value is -1.40. The third-order valence-corrected chi connectivity index (χ3v) is 4.22. The van der Waals surface area contributed by atoms with Crippen LogP contribution in [0.5, 0.6) is 0 Å². The van der Waals surface area contributed by atoms with E-state index in [-0.39, 0.29) is 4.90 Å². The van der Waals surface area contributed by atoms with Crippen molar-refractivity contribution in [1.29, 1.82) is 0 Å². The molecule has 94 valence electrons. The lowest BCUT2D eigenvalue weighted by Gasteiger charge is -2.10. The van der Waals surface area contributed by atoms with Crippen molar-refractivity contribution in [2.24, 2.45) is 0 Å². The molecule has 1 aromatic carbocycles. The van der Waals surface area contributed by atoms with Crippen molar-refractivity contribution >= 4 is 31.6 Å². The quantitative estimate of drug-likeness (QED) is 0.943. The van der Waals surface area contributed by atoms with Gasteiger partial charge in [0, 0.05) is 16.9 Å². The highest BCUT2D eigenvalue weighted by Gasteiger charge is 2.14. The molecule has 0 spiro atoms. The minimum atomic E-state index is -3.58. The van der Waals surface area contributed by atoms with Gasteiger partial charge in [-0.2, -0.15) is 0 Å². The number of rotatable bonds is 3. The number of nitrogens with one attached hydrogen (secondary N) is 1. The van der Waals surface area contributed by atoms with Crippen LogP contribution in [0.3, 0.4) is 0 Å². The lowest BCUT2D eigenvalue weighted by atomic mass is 10.2. The zero-order valence-corrected chi connectivity index (χ0v) is 12.0. The number of sulfonamides is 1. The molecule has 0 saturated heterocycles. The van der Waals surface area contributed by atoms with Gasteiger partial charge in [0.1, 0.15) is 4.90 Å². The summed E-state index contributed by atoms with van der Waals surface area (Å²) >= 11 is 3.33. The zero-order valence-electron chi connectivity index (χ0n) is 9.59. The Morgan fingerprint density at radius 2 is 2.06 bits per heavy atom. The Bertz CT molecular complexity index is 657. The lowest BCUT2D eigenvalue weighted by Crippen LogP contribution is -2.13. The predicted octanol–water partition coefficient (Wildman–Crippen LogP) is 2.95. The van der Waals surface area contributed by atoms with Gasteiger partial charge in [-0.05, 0) is 42.8 Å².